The van der Waals surface area contributed by atoms with Gasteiger partial charge in [0.2, 0.25) is 0 Å². The molecule has 5 aromatic rings. The number of hydrogen-bond donors (Lipinski definition) is 1. The highest BCUT2D eigenvalue weighted by Crippen LogP contribution is 2.53. The van der Waals surface area contributed by atoms with E-state index in [9.17, 15) is 4.79 Å². The van der Waals surface area contributed by atoms with E-state index in [4.69, 9.17) is 14.9 Å². The van der Waals surface area contributed by atoms with Gasteiger partial charge in [0.05, 0.1) is 34.1 Å². The summed E-state index contributed by atoms with van der Waals surface area (Å²) in [4.78, 5) is 13.9. The Kier molecular flexibility index (Phi) is 7.39. The standard InChI is InChI=1S/C40H30BrN5O2S/c41-30-18-21-37-32(23-30)36-25-34(28-12-6-2-7-13-28)44-46(36)40(48-37)38(49-39(47)42-40)22-26-16-19-31(20-17-26)45-35(29-14-8-3-9-15-29)24-33(43-45)27-10-4-1-5-11-27/h1-23,35-36H,24-25H2,(H,42,47). The molecule has 3 unspecified atom stereocenters. The molecule has 4 aliphatic heterocycles. The first-order valence-corrected chi connectivity index (χ1v) is 17.8. The molecule has 49 heavy (non-hydrogen) atoms. The molecule has 0 aliphatic carbocycles. The smallest absolute Gasteiger partial charge is 0.314 e. The van der Waals surface area contributed by atoms with Crippen LogP contribution in [-0.2, 0) is 0 Å². The van der Waals surface area contributed by atoms with Crippen molar-refractivity contribution < 1.29 is 9.53 Å². The van der Waals surface area contributed by atoms with Gasteiger partial charge in [-0.1, -0.05) is 119 Å². The van der Waals surface area contributed by atoms with Crippen LogP contribution in [0.5, 0.6) is 5.75 Å². The fourth-order valence-electron chi connectivity index (χ4n) is 7.06. The molecule has 0 aromatic heterocycles. The van der Waals surface area contributed by atoms with Crippen molar-refractivity contribution in [1.29, 1.82) is 0 Å². The Morgan fingerprint density at radius 1 is 0.776 bits per heavy atom. The summed E-state index contributed by atoms with van der Waals surface area (Å²) in [6.45, 7) is 0. The molecule has 0 radical (unpaired) electrons. The van der Waals surface area contributed by atoms with Crippen LogP contribution in [0.1, 0.15) is 52.7 Å². The Bertz CT molecular complexity index is 2160. The van der Waals surface area contributed by atoms with Gasteiger partial charge in [-0.3, -0.25) is 15.1 Å². The van der Waals surface area contributed by atoms with Crippen LogP contribution in [0.4, 0.5) is 10.5 Å². The van der Waals surface area contributed by atoms with E-state index < -0.39 is 5.85 Å². The lowest BCUT2D eigenvalue weighted by molar-refractivity contribution is -0.0949. The van der Waals surface area contributed by atoms with Crippen LogP contribution < -0.4 is 15.1 Å². The summed E-state index contributed by atoms with van der Waals surface area (Å²) in [6.07, 6.45) is 3.52. The number of benzene rings is 5. The van der Waals surface area contributed by atoms with Gasteiger partial charge in [0.25, 0.3) is 5.24 Å². The SMILES string of the molecule is O=C1NC2(Oc3ccc(Br)cc3C3CC(c4ccccc4)=NN32)C(=Cc2ccc(N3N=C(c4ccccc4)CC3c3ccccc3)cc2)S1. The number of carbonyl (C=O) groups is 1. The summed E-state index contributed by atoms with van der Waals surface area (Å²) < 4.78 is 7.73. The Labute approximate surface area is 297 Å². The largest absolute Gasteiger partial charge is 0.444 e. The lowest BCUT2D eigenvalue weighted by Gasteiger charge is -2.45. The van der Waals surface area contributed by atoms with Crippen LogP contribution in [-0.4, -0.2) is 27.5 Å². The number of rotatable bonds is 5. The van der Waals surface area contributed by atoms with Crippen molar-refractivity contribution in [3.8, 4) is 5.75 Å². The van der Waals surface area contributed by atoms with Gasteiger partial charge in [-0.2, -0.15) is 10.2 Å². The third-order valence-electron chi connectivity index (χ3n) is 9.39. The Morgan fingerprint density at radius 2 is 1.41 bits per heavy atom. The number of nitrogens with zero attached hydrogens (tertiary/aromatic N) is 4. The van der Waals surface area contributed by atoms with E-state index in [1.165, 1.54) is 5.56 Å². The number of halogens is 1. The predicted molar refractivity (Wildman–Crippen MR) is 199 cm³/mol. The molecule has 1 N–H and O–H groups in total. The zero-order valence-electron chi connectivity index (χ0n) is 26.2. The van der Waals surface area contributed by atoms with Crippen molar-refractivity contribution >= 4 is 56.1 Å². The van der Waals surface area contributed by atoms with Crippen molar-refractivity contribution in [1.82, 2.24) is 10.3 Å². The molecule has 0 bridgehead atoms. The molecular weight excluding hydrogens is 694 g/mol. The molecule has 9 heteroatoms. The molecule has 240 valence electrons. The molecular formula is C40H30BrN5O2S. The minimum absolute atomic E-state index is 0.0793. The predicted octanol–water partition coefficient (Wildman–Crippen LogP) is 9.50. The summed E-state index contributed by atoms with van der Waals surface area (Å²) in [5.41, 5.74) is 8.38. The first-order chi connectivity index (χ1) is 24.0. The van der Waals surface area contributed by atoms with Crippen LogP contribution >= 0.6 is 27.7 Å². The number of hydrogen-bond acceptors (Lipinski definition) is 7. The van der Waals surface area contributed by atoms with Gasteiger partial charge in [0.15, 0.2) is 0 Å². The second kappa shape index (κ2) is 12.1. The van der Waals surface area contributed by atoms with E-state index in [0.29, 0.717) is 6.42 Å². The number of hydrazone groups is 2. The topological polar surface area (TPSA) is 69.5 Å². The van der Waals surface area contributed by atoms with E-state index in [1.54, 1.807) is 0 Å². The minimum Gasteiger partial charge on any atom is -0.444 e. The maximum Gasteiger partial charge on any atom is 0.314 e. The van der Waals surface area contributed by atoms with Gasteiger partial charge in [0.1, 0.15) is 5.75 Å². The molecule has 1 saturated heterocycles. The summed E-state index contributed by atoms with van der Waals surface area (Å²) in [5.74, 6) is -0.545. The van der Waals surface area contributed by atoms with Crippen LogP contribution in [0.25, 0.3) is 6.08 Å². The van der Waals surface area contributed by atoms with Gasteiger partial charge in [-0.05, 0) is 70.4 Å². The van der Waals surface area contributed by atoms with E-state index in [-0.39, 0.29) is 17.3 Å². The lowest BCUT2D eigenvalue weighted by atomic mass is 9.95. The number of nitrogens with one attached hydrogen (secondary N) is 1. The molecule has 0 saturated carbocycles. The first-order valence-electron chi connectivity index (χ1n) is 16.2. The molecule has 3 atom stereocenters. The van der Waals surface area contributed by atoms with Crippen LogP contribution in [0.2, 0.25) is 0 Å². The first kappa shape index (κ1) is 30.0. The summed E-state index contributed by atoms with van der Waals surface area (Å²) >= 11 is 4.79. The van der Waals surface area contributed by atoms with Crippen molar-refractivity contribution in [2.24, 2.45) is 10.2 Å². The molecule has 4 aliphatic rings. The average Bonchev–Trinajstić information content (AvgIpc) is 3.87. The Hall–Kier alpha value is -5.12. The average molecular weight is 725 g/mol. The quantitative estimate of drug-likeness (QED) is 0.196. The third kappa shape index (κ3) is 5.34. The van der Waals surface area contributed by atoms with Gasteiger partial charge >= 0.3 is 5.85 Å². The normalized spacial score (nSPS) is 23.2. The van der Waals surface area contributed by atoms with Crippen molar-refractivity contribution in [3.05, 3.63) is 171 Å². The van der Waals surface area contributed by atoms with Crippen molar-refractivity contribution in [2.75, 3.05) is 5.01 Å². The lowest BCUT2D eigenvalue weighted by Crippen LogP contribution is -2.61. The summed E-state index contributed by atoms with van der Waals surface area (Å²) in [7, 11) is 0. The van der Waals surface area contributed by atoms with Gasteiger partial charge < -0.3 is 4.74 Å². The van der Waals surface area contributed by atoms with Gasteiger partial charge in [-0.15, -0.1) is 0 Å². The van der Waals surface area contributed by atoms with E-state index in [1.807, 2.05) is 53.5 Å². The van der Waals surface area contributed by atoms with E-state index in [2.05, 4.69) is 117 Å². The Morgan fingerprint density at radius 3 is 2.10 bits per heavy atom. The highest BCUT2D eigenvalue weighted by atomic mass is 79.9. The van der Waals surface area contributed by atoms with Crippen molar-refractivity contribution in [3.63, 3.8) is 0 Å². The van der Waals surface area contributed by atoms with Gasteiger partial charge in [0, 0.05) is 22.9 Å². The number of ether oxygens (including phenoxy) is 1. The zero-order valence-corrected chi connectivity index (χ0v) is 28.6. The van der Waals surface area contributed by atoms with Crippen LogP contribution in [0.3, 0.4) is 0 Å². The second-order valence-electron chi connectivity index (χ2n) is 12.4. The Balaban J connectivity index is 1.08. The van der Waals surface area contributed by atoms with E-state index >= 15 is 0 Å². The maximum absolute atomic E-state index is 13.2. The van der Waals surface area contributed by atoms with E-state index in [0.717, 1.165) is 72.7 Å². The number of anilines is 1. The number of carbonyl (C=O) groups excluding carboxylic acids is 1. The number of thioether (sulfide) groups is 1. The van der Waals surface area contributed by atoms with Crippen LogP contribution in [0, 0.1) is 0 Å². The molecule has 1 fully saturated rings. The molecule has 1 amide bonds. The van der Waals surface area contributed by atoms with Gasteiger partial charge in [-0.25, -0.2) is 5.01 Å². The number of fused-ring (bicyclic) bond motifs is 4. The number of amides is 1. The van der Waals surface area contributed by atoms with Crippen molar-refractivity contribution in [2.45, 2.75) is 30.8 Å². The molecule has 1 spiro atoms. The second-order valence-corrected chi connectivity index (χ2v) is 14.3. The molecule has 7 nitrogen and oxygen atoms in total. The maximum atomic E-state index is 13.2. The summed E-state index contributed by atoms with van der Waals surface area (Å²) in [5, 5.41) is 17.3. The fourth-order valence-corrected chi connectivity index (χ4v) is 8.34. The highest BCUT2D eigenvalue weighted by molar-refractivity contribution is 9.10. The third-order valence-corrected chi connectivity index (χ3v) is 10.8. The monoisotopic (exact) mass is 723 g/mol. The zero-order chi connectivity index (χ0) is 33.0. The molecule has 4 heterocycles. The molecule has 9 rings (SSSR count). The van der Waals surface area contributed by atoms with Crippen LogP contribution in [0.15, 0.2) is 153 Å². The minimum atomic E-state index is -1.27. The summed E-state index contributed by atoms with van der Waals surface area (Å²) in [6, 6.07) is 45.4. The molecule has 5 aromatic carbocycles. The fraction of sp³-hybridized carbons (Fsp3) is 0.125. The highest BCUT2D eigenvalue weighted by Gasteiger charge is 2.58.